The van der Waals surface area contributed by atoms with E-state index < -0.39 is 0 Å². The fourth-order valence-electron chi connectivity index (χ4n) is 0.655. The molecule has 10 heavy (non-hydrogen) atoms. The molecule has 0 fully saturated rings. The maximum atomic E-state index is 8.43. The van der Waals surface area contributed by atoms with E-state index in [1.807, 2.05) is 6.07 Å². The third kappa shape index (κ3) is 1.00. The van der Waals surface area contributed by atoms with E-state index in [9.17, 15) is 0 Å². The monoisotopic (exact) mass is 130 g/mol. The van der Waals surface area contributed by atoms with Crippen LogP contribution in [0.25, 0.3) is 5.53 Å². The van der Waals surface area contributed by atoms with Gasteiger partial charge in [-0.25, -0.2) is 0 Å². The van der Waals surface area contributed by atoms with Gasteiger partial charge in [-0.2, -0.15) is 5.26 Å². The minimum absolute atomic E-state index is 0.310. The third-order valence-corrected chi connectivity index (χ3v) is 1.13. The van der Waals surface area contributed by atoms with Crippen molar-refractivity contribution in [2.24, 2.45) is 5.11 Å². The Bertz CT molecular complexity index is 285. The molecule has 0 aliphatic heterocycles. The van der Waals surface area contributed by atoms with Gasteiger partial charge in [0.05, 0.1) is 11.3 Å². The summed E-state index contributed by atoms with van der Waals surface area (Å²) in [5.41, 5.74) is 9.01. The second kappa shape index (κ2) is 2.74. The lowest BCUT2D eigenvalue weighted by Gasteiger charge is -1.96. The summed E-state index contributed by atoms with van der Waals surface area (Å²) in [4.78, 5) is 0. The van der Waals surface area contributed by atoms with Crippen LogP contribution in [0.4, 0.5) is 5.69 Å². The van der Waals surface area contributed by atoms with E-state index in [4.69, 9.17) is 10.8 Å². The molecule has 0 saturated carbocycles. The number of rotatable bonds is 1. The highest BCUT2D eigenvalue weighted by molar-refractivity contribution is 5.52. The van der Waals surface area contributed by atoms with Crippen LogP contribution in [0, 0.1) is 11.3 Å². The quantitative estimate of drug-likeness (QED) is 0.537. The molecule has 0 aliphatic rings. The van der Waals surface area contributed by atoms with Crippen molar-refractivity contribution in [1.82, 2.24) is 0 Å². The van der Waals surface area contributed by atoms with E-state index in [-0.39, 0.29) is 0 Å². The highest BCUT2D eigenvalue weighted by atomic mass is 15.0. The van der Waals surface area contributed by atoms with Gasteiger partial charge in [0.2, 0.25) is 0 Å². The summed E-state index contributed by atoms with van der Waals surface area (Å²) in [6.45, 7) is 0. The Balaban J connectivity index is 3.24. The van der Waals surface area contributed by atoms with Gasteiger partial charge in [-0.05, 0) is 12.1 Å². The van der Waals surface area contributed by atoms with Crippen molar-refractivity contribution in [3.8, 4) is 6.07 Å². The summed E-state index contributed by atoms with van der Waals surface area (Å²) >= 11 is 0. The first-order chi connectivity index (χ1) is 4.88. The molecule has 0 heterocycles. The molecule has 3 nitrogen and oxygen atoms in total. The van der Waals surface area contributed by atoms with Crippen LogP contribution in [0.1, 0.15) is 5.56 Å². The van der Waals surface area contributed by atoms with Crippen LogP contribution >= 0.6 is 0 Å². The molecule has 48 valence electrons. The zero-order valence-electron chi connectivity index (χ0n) is 5.15. The zero-order valence-corrected chi connectivity index (χ0v) is 5.15. The van der Waals surface area contributed by atoms with Crippen molar-refractivity contribution < 1.29 is 0 Å². The second-order valence-electron chi connectivity index (χ2n) is 1.73. The number of nitriles is 1. The molecule has 1 aromatic rings. The van der Waals surface area contributed by atoms with E-state index in [1.165, 1.54) is 0 Å². The fourth-order valence-corrected chi connectivity index (χ4v) is 0.655. The van der Waals surface area contributed by atoms with Crippen LogP contribution in [-0.4, -0.2) is 0 Å². The van der Waals surface area contributed by atoms with Gasteiger partial charge in [-0.15, -0.1) is 0 Å². The Hall–Kier alpha value is -1.69. The second-order valence-corrected chi connectivity index (χ2v) is 1.73. The number of nitrogens with zero attached hydrogens (tertiary/aromatic N) is 3. The first-order valence-electron chi connectivity index (χ1n) is 2.72. The third-order valence-electron chi connectivity index (χ3n) is 1.13. The Morgan fingerprint density at radius 3 is 2.60 bits per heavy atom. The van der Waals surface area contributed by atoms with Gasteiger partial charge in [0.1, 0.15) is 6.07 Å². The summed E-state index contributed by atoms with van der Waals surface area (Å²) in [6, 6.07) is 8.47. The van der Waals surface area contributed by atoms with Crippen LogP contribution in [0.5, 0.6) is 0 Å². The van der Waals surface area contributed by atoms with Gasteiger partial charge in [-0.3, -0.25) is 0 Å². The highest BCUT2D eigenvalue weighted by Gasteiger charge is 1.92. The molecular formula is C7H4N3-. The van der Waals surface area contributed by atoms with Crippen LogP contribution < -0.4 is 0 Å². The number of benzene rings is 1. The molecule has 0 atom stereocenters. The van der Waals surface area contributed by atoms with Gasteiger partial charge >= 0.3 is 0 Å². The largest absolute Gasteiger partial charge is 0.706 e. The summed E-state index contributed by atoms with van der Waals surface area (Å²) in [6.07, 6.45) is 0. The molecule has 0 aliphatic carbocycles. The summed E-state index contributed by atoms with van der Waals surface area (Å²) in [5.74, 6) is 0. The lowest BCUT2D eigenvalue weighted by molar-refractivity contribution is 1.43. The Morgan fingerprint density at radius 2 is 2.10 bits per heavy atom. The summed E-state index contributed by atoms with van der Waals surface area (Å²) in [5, 5.41) is 11.3. The van der Waals surface area contributed by atoms with Crippen molar-refractivity contribution in [3.05, 3.63) is 35.4 Å². The first-order valence-corrected chi connectivity index (χ1v) is 2.72. The van der Waals surface area contributed by atoms with Crippen molar-refractivity contribution in [3.63, 3.8) is 0 Å². The van der Waals surface area contributed by atoms with E-state index in [2.05, 4.69) is 5.11 Å². The van der Waals surface area contributed by atoms with Crippen molar-refractivity contribution in [2.75, 3.05) is 0 Å². The molecule has 0 amide bonds. The van der Waals surface area contributed by atoms with Crippen LogP contribution in [0.3, 0.4) is 0 Å². The van der Waals surface area contributed by atoms with Crippen molar-refractivity contribution >= 4 is 5.69 Å². The molecule has 0 spiro atoms. The molecule has 3 heteroatoms. The number of hydrogen-bond acceptors (Lipinski definition) is 2. The van der Waals surface area contributed by atoms with Gasteiger partial charge < -0.3 is 10.6 Å². The molecule has 0 unspecified atom stereocenters. The van der Waals surface area contributed by atoms with E-state index >= 15 is 0 Å². The first kappa shape index (κ1) is 6.43. The molecule has 0 bridgehead atoms. The molecule has 0 saturated heterocycles. The van der Waals surface area contributed by atoms with Crippen LogP contribution in [-0.2, 0) is 0 Å². The van der Waals surface area contributed by atoms with Gasteiger partial charge in [0.15, 0.2) is 0 Å². The van der Waals surface area contributed by atoms with Gasteiger partial charge in [0.25, 0.3) is 0 Å². The highest BCUT2D eigenvalue weighted by Crippen LogP contribution is 2.16. The Labute approximate surface area is 58.4 Å². The molecule has 0 radical (unpaired) electrons. The lowest BCUT2D eigenvalue weighted by Crippen LogP contribution is -1.71. The normalized spacial score (nSPS) is 8.30. The van der Waals surface area contributed by atoms with Gasteiger partial charge in [-0.1, -0.05) is 12.1 Å². The van der Waals surface area contributed by atoms with Gasteiger partial charge in [0, 0.05) is 0 Å². The summed E-state index contributed by atoms with van der Waals surface area (Å²) in [7, 11) is 0. The molecule has 1 aromatic carbocycles. The standard InChI is InChI=1S/C7H4N3/c8-5-6-3-1-2-4-7(6)10-9/h1-4H/q-1. The topological polar surface area (TPSA) is 58.5 Å². The average molecular weight is 130 g/mol. The predicted octanol–water partition coefficient (Wildman–Crippen LogP) is 2.21. The zero-order chi connectivity index (χ0) is 7.40. The molecule has 0 N–H and O–H groups in total. The van der Waals surface area contributed by atoms with Crippen LogP contribution in [0.2, 0.25) is 0 Å². The average Bonchev–Trinajstić information content (AvgIpc) is 2.04. The smallest absolute Gasteiger partial charge is 0.101 e. The molecule has 1 rings (SSSR count). The molecule has 0 aromatic heterocycles. The van der Waals surface area contributed by atoms with Crippen molar-refractivity contribution in [1.29, 1.82) is 5.26 Å². The SMILES string of the molecule is N#Cc1ccccc1N=[N-]. The van der Waals surface area contributed by atoms with Crippen molar-refractivity contribution in [2.45, 2.75) is 0 Å². The predicted molar refractivity (Wildman–Crippen MR) is 36.6 cm³/mol. The molecular weight excluding hydrogens is 126 g/mol. The Kier molecular flexibility index (Phi) is 1.76. The maximum absolute atomic E-state index is 8.43. The number of hydrogen-bond donors (Lipinski definition) is 0. The van der Waals surface area contributed by atoms with E-state index in [1.54, 1.807) is 24.3 Å². The Morgan fingerprint density at radius 1 is 1.40 bits per heavy atom. The van der Waals surface area contributed by atoms with E-state index in [0.29, 0.717) is 11.3 Å². The van der Waals surface area contributed by atoms with E-state index in [0.717, 1.165) is 0 Å². The fraction of sp³-hybridized carbons (Fsp3) is 0. The lowest BCUT2D eigenvalue weighted by atomic mass is 10.2. The minimum atomic E-state index is 0.310. The summed E-state index contributed by atoms with van der Waals surface area (Å²) < 4.78 is 0. The van der Waals surface area contributed by atoms with Crippen LogP contribution in [0.15, 0.2) is 29.4 Å². The maximum Gasteiger partial charge on any atom is 0.101 e. The minimum Gasteiger partial charge on any atom is -0.706 e.